The number of hydrogen-bond acceptors (Lipinski definition) is 2. The molecule has 16 heavy (non-hydrogen) atoms. The zero-order valence-corrected chi connectivity index (χ0v) is 11.8. The van der Waals surface area contributed by atoms with Crippen LogP contribution in [0.5, 0.6) is 0 Å². The Kier molecular flexibility index (Phi) is 6.59. The predicted molar refractivity (Wildman–Crippen MR) is 72.2 cm³/mol. The maximum Gasteiger partial charge on any atom is 0.0388 e. The fraction of sp³-hybridized carbons (Fsp3) is 1.00. The van der Waals surface area contributed by atoms with Gasteiger partial charge in [0.1, 0.15) is 0 Å². The van der Waals surface area contributed by atoms with E-state index in [0.717, 1.165) is 25.1 Å². The molecule has 1 rings (SSSR count). The third kappa shape index (κ3) is 3.85. The topological polar surface area (TPSA) is 29.1 Å². The van der Waals surface area contributed by atoms with Crippen LogP contribution in [0, 0.1) is 5.92 Å². The summed E-state index contributed by atoms with van der Waals surface area (Å²) in [5.41, 5.74) is 0. The average Bonchev–Trinajstić information content (AvgIpc) is 2.62. The Hall–Kier alpha value is 0.110. The molecule has 96 valence electrons. The molecule has 1 aliphatic rings. The molecule has 0 aliphatic heterocycles. The van der Waals surface area contributed by atoms with Gasteiger partial charge in [-0.1, -0.05) is 33.6 Å². The minimum Gasteiger partial charge on any atom is -0.314 e. The second-order valence-corrected chi connectivity index (χ2v) is 6.71. The lowest BCUT2D eigenvalue weighted by Gasteiger charge is -2.20. The van der Waals surface area contributed by atoms with E-state index in [4.69, 9.17) is 0 Å². The van der Waals surface area contributed by atoms with E-state index in [9.17, 15) is 4.21 Å². The van der Waals surface area contributed by atoms with Gasteiger partial charge in [0.15, 0.2) is 0 Å². The molecular weight excluding hydrogens is 218 g/mol. The first-order valence-corrected chi connectivity index (χ1v) is 8.19. The van der Waals surface area contributed by atoms with Crippen LogP contribution >= 0.6 is 0 Å². The molecule has 0 spiro atoms. The fourth-order valence-corrected chi connectivity index (χ4v) is 4.55. The van der Waals surface area contributed by atoms with Gasteiger partial charge < -0.3 is 5.32 Å². The highest BCUT2D eigenvalue weighted by Crippen LogP contribution is 2.30. The second kappa shape index (κ2) is 7.44. The summed E-state index contributed by atoms with van der Waals surface area (Å²) in [7, 11) is -0.591. The summed E-state index contributed by atoms with van der Waals surface area (Å²) in [6.07, 6.45) is 5.94. The summed E-state index contributed by atoms with van der Waals surface area (Å²) in [5.74, 6) is 1.50. The maximum atomic E-state index is 12.2. The SMILES string of the molecule is CCCCCS(=O)C1CCC(NCC)C1C. The lowest BCUT2D eigenvalue weighted by molar-refractivity contribution is 0.438. The van der Waals surface area contributed by atoms with Crippen molar-refractivity contribution in [2.75, 3.05) is 12.3 Å². The summed E-state index contributed by atoms with van der Waals surface area (Å²) in [6, 6.07) is 0.602. The van der Waals surface area contributed by atoms with E-state index in [1.165, 1.54) is 19.3 Å². The van der Waals surface area contributed by atoms with Crippen molar-refractivity contribution in [1.82, 2.24) is 5.32 Å². The van der Waals surface area contributed by atoms with Crippen molar-refractivity contribution in [3.63, 3.8) is 0 Å². The average molecular weight is 245 g/mol. The molecule has 0 saturated heterocycles. The third-order valence-electron chi connectivity index (χ3n) is 3.74. The quantitative estimate of drug-likeness (QED) is 0.699. The normalized spacial score (nSPS) is 31.8. The van der Waals surface area contributed by atoms with E-state index in [1.54, 1.807) is 0 Å². The predicted octanol–water partition coefficient (Wildman–Crippen LogP) is 2.70. The molecule has 1 aliphatic carbocycles. The Morgan fingerprint density at radius 2 is 2.00 bits per heavy atom. The highest BCUT2D eigenvalue weighted by atomic mass is 32.2. The molecule has 1 saturated carbocycles. The van der Waals surface area contributed by atoms with Crippen molar-refractivity contribution in [2.24, 2.45) is 5.92 Å². The standard InChI is InChI=1S/C13H27NOS/c1-4-6-7-10-16(15)13-9-8-12(11(13)3)14-5-2/h11-14H,4-10H2,1-3H3. The van der Waals surface area contributed by atoms with E-state index in [1.807, 2.05) is 0 Å². The number of rotatable bonds is 7. The van der Waals surface area contributed by atoms with Crippen molar-refractivity contribution >= 4 is 10.8 Å². The van der Waals surface area contributed by atoms with E-state index < -0.39 is 10.8 Å². The number of nitrogens with one attached hydrogen (secondary N) is 1. The molecule has 0 aromatic rings. The summed E-state index contributed by atoms with van der Waals surface area (Å²) in [5, 5.41) is 3.96. The van der Waals surface area contributed by atoms with Crippen LogP contribution in [0.2, 0.25) is 0 Å². The van der Waals surface area contributed by atoms with Crippen molar-refractivity contribution in [2.45, 2.75) is 64.2 Å². The second-order valence-electron chi connectivity index (χ2n) is 4.93. The van der Waals surface area contributed by atoms with Gasteiger partial charge in [0, 0.05) is 27.8 Å². The Balaban J connectivity index is 2.34. The van der Waals surface area contributed by atoms with Gasteiger partial charge in [-0.05, 0) is 31.7 Å². The lowest BCUT2D eigenvalue weighted by atomic mass is 10.1. The molecule has 2 nitrogen and oxygen atoms in total. The first kappa shape index (κ1) is 14.2. The van der Waals surface area contributed by atoms with Crippen LogP contribution in [0.25, 0.3) is 0 Å². The molecule has 0 radical (unpaired) electrons. The number of unbranched alkanes of at least 4 members (excludes halogenated alkanes) is 2. The maximum absolute atomic E-state index is 12.2. The minimum atomic E-state index is -0.591. The van der Waals surface area contributed by atoms with Gasteiger partial charge in [-0.2, -0.15) is 0 Å². The van der Waals surface area contributed by atoms with E-state index in [2.05, 4.69) is 26.1 Å². The van der Waals surface area contributed by atoms with Gasteiger partial charge in [-0.25, -0.2) is 0 Å². The molecule has 0 amide bonds. The van der Waals surface area contributed by atoms with Crippen LogP contribution in [0.15, 0.2) is 0 Å². The van der Waals surface area contributed by atoms with Gasteiger partial charge in [-0.3, -0.25) is 4.21 Å². The first-order chi connectivity index (χ1) is 7.70. The van der Waals surface area contributed by atoms with Crippen molar-refractivity contribution in [3.8, 4) is 0 Å². The van der Waals surface area contributed by atoms with Crippen LogP contribution in [-0.4, -0.2) is 27.8 Å². The summed E-state index contributed by atoms with van der Waals surface area (Å²) >= 11 is 0. The Morgan fingerprint density at radius 3 is 2.62 bits per heavy atom. The monoisotopic (exact) mass is 245 g/mol. The largest absolute Gasteiger partial charge is 0.314 e. The molecule has 0 aromatic carbocycles. The first-order valence-electron chi connectivity index (χ1n) is 6.81. The van der Waals surface area contributed by atoms with Crippen molar-refractivity contribution < 1.29 is 4.21 Å². The molecule has 3 heteroatoms. The molecule has 0 bridgehead atoms. The molecule has 1 N–H and O–H groups in total. The van der Waals surface area contributed by atoms with Crippen LogP contribution < -0.4 is 5.32 Å². The Bertz CT molecular complexity index is 220. The van der Waals surface area contributed by atoms with Crippen LogP contribution in [0.1, 0.15) is 52.9 Å². The molecule has 4 unspecified atom stereocenters. The Labute approximate surface area is 103 Å². The molecule has 1 fully saturated rings. The summed E-state index contributed by atoms with van der Waals surface area (Å²) in [6.45, 7) is 7.65. The lowest BCUT2D eigenvalue weighted by Crippen LogP contribution is -2.35. The van der Waals surface area contributed by atoms with Gasteiger partial charge in [0.25, 0.3) is 0 Å². The van der Waals surface area contributed by atoms with Crippen LogP contribution in [0.3, 0.4) is 0 Å². The fourth-order valence-electron chi connectivity index (χ4n) is 2.70. The van der Waals surface area contributed by atoms with Gasteiger partial charge in [0.2, 0.25) is 0 Å². The smallest absolute Gasteiger partial charge is 0.0388 e. The summed E-state index contributed by atoms with van der Waals surface area (Å²) < 4.78 is 12.2. The van der Waals surface area contributed by atoms with Crippen molar-refractivity contribution in [3.05, 3.63) is 0 Å². The highest BCUT2D eigenvalue weighted by Gasteiger charge is 2.35. The minimum absolute atomic E-state index is 0.445. The molecule has 0 heterocycles. The van der Waals surface area contributed by atoms with Crippen LogP contribution in [0.4, 0.5) is 0 Å². The zero-order valence-electron chi connectivity index (χ0n) is 11.0. The van der Waals surface area contributed by atoms with Gasteiger partial charge in [0.05, 0.1) is 0 Å². The van der Waals surface area contributed by atoms with Gasteiger partial charge >= 0.3 is 0 Å². The third-order valence-corrected chi connectivity index (χ3v) is 5.77. The van der Waals surface area contributed by atoms with E-state index in [-0.39, 0.29) is 0 Å². The van der Waals surface area contributed by atoms with Crippen LogP contribution in [-0.2, 0) is 10.8 Å². The van der Waals surface area contributed by atoms with E-state index in [0.29, 0.717) is 17.2 Å². The number of hydrogen-bond donors (Lipinski definition) is 1. The van der Waals surface area contributed by atoms with Crippen molar-refractivity contribution in [1.29, 1.82) is 0 Å². The molecule has 4 atom stereocenters. The van der Waals surface area contributed by atoms with E-state index >= 15 is 0 Å². The molecule has 0 aromatic heterocycles. The highest BCUT2D eigenvalue weighted by molar-refractivity contribution is 7.85. The molecular formula is C13H27NOS. The van der Waals surface area contributed by atoms with Gasteiger partial charge in [-0.15, -0.1) is 0 Å². The zero-order chi connectivity index (χ0) is 12.0. The summed E-state index contributed by atoms with van der Waals surface area (Å²) in [4.78, 5) is 0. The Morgan fingerprint density at radius 1 is 1.25 bits per heavy atom.